The minimum absolute atomic E-state index is 0.0951. The van der Waals surface area contributed by atoms with Crippen LogP contribution in [0.2, 0.25) is 0 Å². The van der Waals surface area contributed by atoms with Crippen molar-refractivity contribution in [2.75, 3.05) is 10.6 Å². The van der Waals surface area contributed by atoms with Gasteiger partial charge in [-0.3, -0.25) is 14.4 Å². The molecule has 5 rings (SSSR count). The smallest absolute Gasteiger partial charge is 0.272 e. The standard InChI is InChI=1S/C38H32BrN3O3S/c1-25-11-9-18-33(26(25)2)41-38(45)35(28-13-5-3-6-14-28)46-32-21-19-31(20-22-32)40-37(44)34(24-27-12-10-17-30(39)23-27)42-36(43)29-15-7-4-8-16-29/h3-24,35H,1-2H3,(H,40,44)(H,41,45)(H,42,43)/b34-24-. The van der Waals surface area contributed by atoms with Crippen LogP contribution < -0.4 is 16.0 Å². The molecule has 1 atom stereocenters. The number of rotatable bonds is 10. The first-order chi connectivity index (χ1) is 22.3. The summed E-state index contributed by atoms with van der Waals surface area (Å²) in [6, 6.07) is 39.0. The Balaban J connectivity index is 1.33. The van der Waals surface area contributed by atoms with Crippen LogP contribution in [0.15, 0.2) is 142 Å². The van der Waals surface area contributed by atoms with E-state index in [4.69, 9.17) is 0 Å². The van der Waals surface area contributed by atoms with Crippen molar-refractivity contribution in [2.24, 2.45) is 0 Å². The lowest BCUT2D eigenvalue weighted by molar-refractivity contribution is -0.116. The highest BCUT2D eigenvalue weighted by Gasteiger charge is 2.23. The van der Waals surface area contributed by atoms with Gasteiger partial charge in [0.1, 0.15) is 10.9 Å². The molecule has 0 aliphatic rings. The zero-order valence-corrected chi connectivity index (χ0v) is 27.7. The van der Waals surface area contributed by atoms with Gasteiger partial charge in [0.25, 0.3) is 11.8 Å². The fourth-order valence-electron chi connectivity index (χ4n) is 4.64. The van der Waals surface area contributed by atoms with Crippen molar-refractivity contribution in [2.45, 2.75) is 24.0 Å². The second-order valence-electron chi connectivity index (χ2n) is 10.6. The van der Waals surface area contributed by atoms with Crippen LogP contribution in [-0.4, -0.2) is 17.7 Å². The van der Waals surface area contributed by atoms with Crippen LogP contribution in [0, 0.1) is 13.8 Å². The fourth-order valence-corrected chi connectivity index (χ4v) is 6.08. The van der Waals surface area contributed by atoms with E-state index in [1.807, 2.05) is 105 Å². The number of carbonyl (C=O) groups is 3. The van der Waals surface area contributed by atoms with Crippen molar-refractivity contribution in [3.8, 4) is 0 Å². The Morgan fingerprint density at radius 3 is 2.11 bits per heavy atom. The first-order valence-corrected chi connectivity index (χ1v) is 16.3. The molecule has 1 unspecified atom stereocenters. The minimum Gasteiger partial charge on any atom is -0.325 e. The maximum atomic E-state index is 13.6. The Bertz CT molecular complexity index is 1880. The number of hydrogen-bond acceptors (Lipinski definition) is 4. The molecule has 0 spiro atoms. The van der Waals surface area contributed by atoms with Gasteiger partial charge in [-0.2, -0.15) is 0 Å². The van der Waals surface area contributed by atoms with Gasteiger partial charge < -0.3 is 16.0 Å². The van der Waals surface area contributed by atoms with Crippen LogP contribution in [0.5, 0.6) is 0 Å². The number of aryl methyl sites for hydroxylation is 1. The number of carbonyl (C=O) groups excluding carboxylic acids is 3. The minimum atomic E-state index is -0.505. The van der Waals surface area contributed by atoms with E-state index < -0.39 is 17.1 Å². The average Bonchev–Trinajstić information content (AvgIpc) is 3.07. The van der Waals surface area contributed by atoms with Crippen molar-refractivity contribution in [1.29, 1.82) is 0 Å². The zero-order valence-electron chi connectivity index (χ0n) is 25.3. The monoisotopic (exact) mass is 689 g/mol. The number of halogens is 1. The quantitative estimate of drug-likeness (QED) is 0.101. The Labute approximate surface area is 281 Å². The molecule has 3 amide bonds. The zero-order chi connectivity index (χ0) is 32.5. The number of hydrogen-bond donors (Lipinski definition) is 3. The second-order valence-corrected chi connectivity index (χ2v) is 12.7. The van der Waals surface area contributed by atoms with Gasteiger partial charge in [-0.05, 0) is 96.8 Å². The number of amides is 3. The van der Waals surface area contributed by atoms with E-state index in [1.54, 1.807) is 42.5 Å². The molecule has 0 aromatic heterocycles. The van der Waals surface area contributed by atoms with Gasteiger partial charge in [0.15, 0.2) is 0 Å². The molecule has 0 fully saturated rings. The van der Waals surface area contributed by atoms with E-state index in [9.17, 15) is 14.4 Å². The molecule has 46 heavy (non-hydrogen) atoms. The van der Waals surface area contributed by atoms with E-state index >= 15 is 0 Å². The van der Waals surface area contributed by atoms with Crippen molar-refractivity contribution < 1.29 is 14.4 Å². The summed E-state index contributed by atoms with van der Waals surface area (Å²) >= 11 is 4.88. The highest BCUT2D eigenvalue weighted by atomic mass is 79.9. The van der Waals surface area contributed by atoms with Crippen molar-refractivity contribution in [1.82, 2.24) is 5.32 Å². The lowest BCUT2D eigenvalue weighted by atomic mass is 10.1. The van der Waals surface area contributed by atoms with Crippen molar-refractivity contribution in [3.05, 3.63) is 165 Å². The maximum Gasteiger partial charge on any atom is 0.272 e. The summed E-state index contributed by atoms with van der Waals surface area (Å²) in [7, 11) is 0. The van der Waals surface area contributed by atoms with Gasteiger partial charge in [-0.25, -0.2) is 0 Å². The Hall–Kier alpha value is -4.92. The molecule has 5 aromatic carbocycles. The number of nitrogens with one attached hydrogen (secondary N) is 3. The summed E-state index contributed by atoms with van der Waals surface area (Å²) in [5.41, 5.74) is 5.61. The lowest BCUT2D eigenvalue weighted by Gasteiger charge is -2.19. The van der Waals surface area contributed by atoms with Gasteiger partial charge in [0.2, 0.25) is 5.91 Å². The Kier molecular flexibility index (Phi) is 10.9. The topological polar surface area (TPSA) is 87.3 Å². The third-order valence-corrected chi connectivity index (χ3v) is 9.02. The fraction of sp³-hybridized carbons (Fsp3) is 0.0789. The molecule has 0 aliphatic carbocycles. The molecule has 8 heteroatoms. The van der Waals surface area contributed by atoms with Gasteiger partial charge in [-0.1, -0.05) is 88.7 Å². The summed E-state index contributed by atoms with van der Waals surface area (Å²) in [5, 5.41) is 8.26. The highest BCUT2D eigenvalue weighted by molar-refractivity contribution is 9.10. The SMILES string of the molecule is Cc1cccc(NC(=O)C(Sc2ccc(NC(=O)/C(=C/c3cccc(Br)c3)NC(=O)c3ccccc3)cc2)c2ccccc2)c1C. The van der Waals surface area contributed by atoms with E-state index in [0.29, 0.717) is 11.3 Å². The average molecular weight is 691 g/mol. The number of benzene rings is 5. The van der Waals surface area contributed by atoms with Gasteiger partial charge in [-0.15, -0.1) is 11.8 Å². The first-order valence-electron chi connectivity index (χ1n) is 14.6. The van der Waals surface area contributed by atoms with Crippen LogP contribution in [0.3, 0.4) is 0 Å². The first kappa shape index (κ1) is 32.5. The van der Waals surface area contributed by atoms with Crippen LogP contribution in [0.1, 0.15) is 37.9 Å². The van der Waals surface area contributed by atoms with Crippen LogP contribution in [0.4, 0.5) is 11.4 Å². The van der Waals surface area contributed by atoms with Gasteiger partial charge >= 0.3 is 0 Å². The predicted octanol–water partition coefficient (Wildman–Crippen LogP) is 8.95. The second kappa shape index (κ2) is 15.4. The molecule has 0 heterocycles. The summed E-state index contributed by atoms with van der Waals surface area (Å²) in [5.74, 6) is -0.992. The van der Waals surface area contributed by atoms with Crippen molar-refractivity contribution in [3.63, 3.8) is 0 Å². The largest absolute Gasteiger partial charge is 0.325 e. The Morgan fingerprint density at radius 1 is 0.739 bits per heavy atom. The molecule has 0 radical (unpaired) electrons. The molecule has 0 aliphatic heterocycles. The predicted molar refractivity (Wildman–Crippen MR) is 191 cm³/mol. The molecule has 0 bridgehead atoms. The highest BCUT2D eigenvalue weighted by Crippen LogP contribution is 2.37. The summed E-state index contributed by atoms with van der Waals surface area (Å²) in [6.45, 7) is 4.01. The molecule has 6 nitrogen and oxygen atoms in total. The molecule has 5 aromatic rings. The summed E-state index contributed by atoms with van der Waals surface area (Å²) in [4.78, 5) is 40.9. The summed E-state index contributed by atoms with van der Waals surface area (Å²) in [6.07, 6.45) is 1.63. The Morgan fingerprint density at radius 2 is 1.41 bits per heavy atom. The number of anilines is 2. The third-order valence-electron chi connectivity index (χ3n) is 7.26. The van der Waals surface area contributed by atoms with Gasteiger partial charge in [0.05, 0.1) is 0 Å². The van der Waals surface area contributed by atoms with E-state index in [0.717, 1.165) is 37.3 Å². The van der Waals surface area contributed by atoms with Crippen LogP contribution >= 0.6 is 27.7 Å². The maximum absolute atomic E-state index is 13.6. The molecule has 230 valence electrons. The molecule has 0 saturated carbocycles. The van der Waals surface area contributed by atoms with E-state index in [2.05, 4.69) is 31.9 Å². The van der Waals surface area contributed by atoms with Crippen LogP contribution in [0.25, 0.3) is 6.08 Å². The van der Waals surface area contributed by atoms with Crippen molar-refractivity contribution >= 4 is 62.9 Å². The van der Waals surface area contributed by atoms with Gasteiger partial charge in [0, 0.05) is 26.3 Å². The van der Waals surface area contributed by atoms with E-state index in [1.165, 1.54) is 11.8 Å². The molecule has 0 saturated heterocycles. The summed E-state index contributed by atoms with van der Waals surface area (Å²) < 4.78 is 0.847. The molecular weight excluding hydrogens is 658 g/mol. The van der Waals surface area contributed by atoms with Crippen LogP contribution in [-0.2, 0) is 9.59 Å². The molecular formula is C38H32BrN3O3S. The molecule has 3 N–H and O–H groups in total. The third kappa shape index (κ3) is 8.62. The lowest BCUT2D eigenvalue weighted by Crippen LogP contribution is -2.30. The van der Waals surface area contributed by atoms with E-state index in [-0.39, 0.29) is 11.6 Å². The number of thioether (sulfide) groups is 1. The normalized spacial score (nSPS) is 11.8.